The number of sulfonamides is 1. The summed E-state index contributed by atoms with van der Waals surface area (Å²) in [6, 6.07) is 4.04. The van der Waals surface area contributed by atoms with Crippen LogP contribution in [0.25, 0.3) is 0 Å². The molecule has 0 spiro atoms. The second-order valence-corrected chi connectivity index (χ2v) is 9.47. The van der Waals surface area contributed by atoms with Crippen molar-refractivity contribution >= 4 is 38.9 Å². The van der Waals surface area contributed by atoms with Crippen molar-refractivity contribution in [2.45, 2.75) is 48.0 Å². The van der Waals surface area contributed by atoms with Crippen LogP contribution in [-0.4, -0.2) is 39.0 Å². The van der Waals surface area contributed by atoms with Crippen LogP contribution in [0, 0.1) is 0 Å². The summed E-state index contributed by atoms with van der Waals surface area (Å²) in [5, 5.41) is 6.42. The summed E-state index contributed by atoms with van der Waals surface area (Å²) in [6.45, 7) is -0.253. The lowest BCUT2D eigenvalue weighted by Gasteiger charge is -2.29. The summed E-state index contributed by atoms with van der Waals surface area (Å²) in [7, 11) is -3.67. The molecule has 3 N–H and O–H groups in total. The van der Waals surface area contributed by atoms with E-state index in [-0.39, 0.29) is 22.7 Å². The normalized spacial score (nSPS) is 27.8. The van der Waals surface area contributed by atoms with Gasteiger partial charge in [0.1, 0.15) is 4.21 Å². The molecule has 1 amide bonds. The molecule has 6 nitrogen and oxygen atoms in total. The van der Waals surface area contributed by atoms with Crippen molar-refractivity contribution in [2.75, 3.05) is 6.54 Å². The van der Waals surface area contributed by atoms with Crippen molar-refractivity contribution in [1.29, 1.82) is 0 Å². The Kier molecular flexibility index (Phi) is 4.75. The third-order valence-electron chi connectivity index (χ3n) is 4.07. The van der Waals surface area contributed by atoms with Crippen LogP contribution < -0.4 is 15.4 Å². The molecule has 2 atom stereocenters. The molecular weight excluding hydrogens is 346 g/mol. The van der Waals surface area contributed by atoms with Crippen LogP contribution in [0.2, 0.25) is 4.34 Å². The maximum atomic E-state index is 12.0. The summed E-state index contributed by atoms with van der Waals surface area (Å²) in [5.41, 5.74) is 0. The minimum Gasteiger partial charge on any atom is -0.352 e. The molecule has 1 aromatic heterocycles. The van der Waals surface area contributed by atoms with E-state index in [4.69, 9.17) is 11.6 Å². The lowest BCUT2D eigenvalue weighted by Crippen LogP contribution is -2.50. The fourth-order valence-electron chi connectivity index (χ4n) is 3.13. The summed E-state index contributed by atoms with van der Waals surface area (Å²) >= 11 is 6.70. The predicted molar refractivity (Wildman–Crippen MR) is 85.6 cm³/mol. The molecular formula is C13H18ClN3O3S2. The van der Waals surface area contributed by atoms with Crippen LogP contribution in [0.4, 0.5) is 0 Å². The lowest BCUT2D eigenvalue weighted by atomic mass is 10.00. The minimum absolute atomic E-state index is 0.116. The number of hydrogen-bond acceptors (Lipinski definition) is 5. The van der Waals surface area contributed by atoms with E-state index >= 15 is 0 Å². The van der Waals surface area contributed by atoms with E-state index in [1.54, 1.807) is 0 Å². The Morgan fingerprint density at radius 2 is 2.00 bits per heavy atom. The van der Waals surface area contributed by atoms with E-state index in [9.17, 15) is 13.2 Å². The highest BCUT2D eigenvalue weighted by Gasteiger charge is 2.34. The number of piperidine rings is 1. The Morgan fingerprint density at radius 1 is 1.32 bits per heavy atom. The van der Waals surface area contributed by atoms with Crippen molar-refractivity contribution in [3.8, 4) is 0 Å². The molecule has 2 bridgehead atoms. The summed E-state index contributed by atoms with van der Waals surface area (Å²) in [6.07, 6.45) is 4.14. The van der Waals surface area contributed by atoms with Gasteiger partial charge in [0, 0.05) is 18.1 Å². The number of carbonyl (C=O) groups excluding carboxylic acids is 1. The standard InChI is InChI=1S/C13H18ClN3O3S2/c14-11-3-4-13(21-11)22(19,20)15-7-12(18)17-10-5-8-1-2-9(6-10)16-8/h3-4,8-10,15-16H,1-2,5-7H2,(H,17,18). The number of amides is 1. The van der Waals surface area contributed by atoms with E-state index in [0.717, 1.165) is 37.0 Å². The fraction of sp³-hybridized carbons (Fsp3) is 0.615. The fourth-order valence-corrected chi connectivity index (χ4v) is 5.64. The molecule has 1 aromatic rings. The van der Waals surface area contributed by atoms with Gasteiger partial charge in [-0.05, 0) is 37.8 Å². The molecule has 0 aliphatic carbocycles. The molecule has 2 aliphatic rings. The van der Waals surface area contributed by atoms with Crippen LogP contribution in [0.15, 0.2) is 16.3 Å². The number of nitrogens with one attached hydrogen (secondary N) is 3. The smallest absolute Gasteiger partial charge is 0.250 e. The van der Waals surface area contributed by atoms with Crippen LogP contribution in [0.3, 0.4) is 0 Å². The molecule has 9 heteroatoms. The second kappa shape index (κ2) is 6.45. The van der Waals surface area contributed by atoms with Gasteiger partial charge >= 0.3 is 0 Å². The van der Waals surface area contributed by atoms with E-state index in [2.05, 4.69) is 15.4 Å². The molecule has 3 rings (SSSR count). The van der Waals surface area contributed by atoms with Crippen molar-refractivity contribution in [3.63, 3.8) is 0 Å². The summed E-state index contributed by atoms with van der Waals surface area (Å²) in [5.74, 6) is -0.294. The summed E-state index contributed by atoms with van der Waals surface area (Å²) in [4.78, 5) is 11.9. The lowest BCUT2D eigenvalue weighted by molar-refractivity contribution is -0.120. The number of thiophene rings is 1. The Labute approximate surface area is 138 Å². The van der Waals surface area contributed by atoms with Crippen LogP contribution in [-0.2, 0) is 14.8 Å². The highest BCUT2D eigenvalue weighted by atomic mass is 35.5. The van der Waals surface area contributed by atoms with Crippen molar-refractivity contribution in [1.82, 2.24) is 15.4 Å². The monoisotopic (exact) mass is 363 g/mol. The molecule has 0 radical (unpaired) electrons. The van der Waals surface area contributed by atoms with Gasteiger partial charge in [0.2, 0.25) is 5.91 Å². The number of rotatable bonds is 5. The zero-order valence-corrected chi connectivity index (χ0v) is 14.2. The quantitative estimate of drug-likeness (QED) is 0.730. The maximum Gasteiger partial charge on any atom is 0.250 e. The number of fused-ring (bicyclic) bond motifs is 2. The van der Waals surface area contributed by atoms with Crippen LogP contribution >= 0.6 is 22.9 Å². The largest absolute Gasteiger partial charge is 0.352 e. The molecule has 2 aliphatic heterocycles. The zero-order valence-electron chi connectivity index (χ0n) is 11.8. The molecule has 2 fully saturated rings. The molecule has 3 heterocycles. The Hall–Kier alpha value is -0.670. The number of carbonyl (C=O) groups is 1. The molecule has 2 unspecified atom stereocenters. The van der Waals surface area contributed by atoms with Gasteiger partial charge in [0.05, 0.1) is 10.9 Å². The third kappa shape index (κ3) is 3.80. The average molecular weight is 364 g/mol. The first-order valence-electron chi connectivity index (χ1n) is 7.23. The first-order chi connectivity index (χ1) is 10.4. The van der Waals surface area contributed by atoms with Gasteiger partial charge in [-0.3, -0.25) is 4.79 Å². The highest BCUT2D eigenvalue weighted by molar-refractivity contribution is 7.91. The van der Waals surface area contributed by atoms with E-state index in [1.165, 1.54) is 12.1 Å². The van der Waals surface area contributed by atoms with Gasteiger partial charge < -0.3 is 10.6 Å². The van der Waals surface area contributed by atoms with Gasteiger partial charge in [0.25, 0.3) is 10.0 Å². The van der Waals surface area contributed by atoms with E-state index < -0.39 is 10.0 Å². The van der Waals surface area contributed by atoms with Crippen LogP contribution in [0.5, 0.6) is 0 Å². The maximum absolute atomic E-state index is 12.0. The van der Waals surface area contributed by atoms with E-state index in [0.29, 0.717) is 16.4 Å². The first-order valence-corrected chi connectivity index (χ1v) is 9.90. The molecule has 122 valence electrons. The van der Waals surface area contributed by atoms with Crippen LogP contribution in [0.1, 0.15) is 25.7 Å². The topological polar surface area (TPSA) is 87.3 Å². The third-order valence-corrected chi connectivity index (χ3v) is 7.20. The number of hydrogen-bond donors (Lipinski definition) is 3. The van der Waals surface area contributed by atoms with Gasteiger partial charge in [0.15, 0.2) is 0 Å². The van der Waals surface area contributed by atoms with Crippen molar-refractivity contribution in [3.05, 3.63) is 16.5 Å². The van der Waals surface area contributed by atoms with Gasteiger partial charge in [-0.25, -0.2) is 13.1 Å². The van der Waals surface area contributed by atoms with Crippen molar-refractivity contribution < 1.29 is 13.2 Å². The average Bonchev–Trinajstić information content (AvgIpc) is 3.03. The minimum atomic E-state index is -3.67. The molecule has 2 saturated heterocycles. The predicted octanol–water partition coefficient (Wildman–Crippen LogP) is 1.08. The molecule has 22 heavy (non-hydrogen) atoms. The van der Waals surface area contributed by atoms with Gasteiger partial charge in [-0.1, -0.05) is 11.6 Å². The zero-order chi connectivity index (χ0) is 15.7. The number of halogens is 1. The van der Waals surface area contributed by atoms with Crippen molar-refractivity contribution in [2.24, 2.45) is 0 Å². The molecule has 0 saturated carbocycles. The molecule has 0 aromatic carbocycles. The Morgan fingerprint density at radius 3 is 2.59 bits per heavy atom. The van der Waals surface area contributed by atoms with Gasteiger partial charge in [-0.15, -0.1) is 11.3 Å². The SMILES string of the molecule is O=C(CNS(=O)(=O)c1ccc(Cl)s1)NC1CC2CCC(C1)N2. The Balaban J connectivity index is 1.50. The highest BCUT2D eigenvalue weighted by Crippen LogP contribution is 2.27. The first kappa shape index (κ1) is 16.2. The van der Waals surface area contributed by atoms with Gasteiger partial charge in [-0.2, -0.15) is 0 Å². The Bertz CT molecular complexity index is 649. The summed E-state index contributed by atoms with van der Waals surface area (Å²) < 4.78 is 26.8. The van der Waals surface area contributed by atoms with E-state index in [1.807, 2.05) is 0 Å². The second-order valence-electron chi connectivity index (χ2n) is 5.76.